The second-order valence-electron chi connectivity index (χ2n) is 7.58. The van der Waals surface area contributed by atoms with Crippen LogP contribution in [0.1, 0.15) is 31.9 Å². The van der Waals surface area contributed by atoms with Gasteiger partial charge < -0.3 is 9.47 Å². The quantitative estimate of drug-likeness (QED) is 0.891. The molecule has 0 unspecified atom stereocenters. The van der Waals surface area contributed by atoms with Crippen molar-refractivity contribution in [3.05, 3.63) is 53.6 Å². The summed E-state index contributed by atoms with van der Waals surface area (Å²) in [6.45, 7) is 6.60. The zero-order chi connectivity index (χ0) is 18.9. The summed E-state index contributed by atoms with van der Waals surface area (Å²) in [6.07, 6.45) is 0.561. The molecule has 1 N–H and O–H groups in total. The monoisotopic (exact) mass is 375 g/mol. The Morgan fingerprint density at radius 3 is 2.42 bits per heavy atom. The lowest BCUT2D eigenvalue weighted by molar-refractivity contribution is 0.253. The van der Waals surface area contributed by atoms with E-state index in [2.05, 4.69) is 25.5 Å². The first-order valence-corrected chi connectivity index (χ1v) is 10.1. The Bertz CT molecular complexity index is 883. The van der Waals surface area contributed by atoms with Gasteiger partial charge in [0.25, 0.3) is 0 Å². The van der Waals surface area contributed by atoms with Crippen molar-refractivity contribution in [2.75, 3.05) is 13.7 Å². The first kappa shape index (κ1) is 18.7. The van der Waals surface area contributed by atoms with E-state index < -0.39 is 10.0 Å². The van der Waals surface area contributed by atoms with Crippen molar-refractivity contribution in [2.45, 2.75) is 43.5 Å². The minimum Gasteiger partial charge on any atom is -0.497 e. The van der Waals surface area contributed by atoms with Crippen molar-refractivity contribution >= 4 is 10.0 Å². The molecule has 1 atom stereocenters. The number of rotatable bonds is 4. The van der Waals surface area contributed by atoms with Gasteiger partial charge in [-0.3, -0.25) is 0 Å². The summed E-state index contributed by atoms with van der Waals surface area (Å²) in [7, 11) is -2.00. The first-order chi connectivity index (χ1) is 12.2. The summed E-state index contributed by atoms with van der Waals surface area (Å²) in [4.78, 5) is 0.266. The third-order valence-corrected chi connectivity index (χ3v) is 6.06. The maximum Gasteiger partial charge on any atom is 0.240 e. The van der Waals surface area contributed by atoms with Gasteiger partial charge in [-0.2, -0.15) is 0 Å². The van der Waals surface area contributed by atoms with Crippen molar-refractivity contribution < 1.29 is 17.9 Å². The van der Waals surface area contributed by atoms with E-state index in [-0.39, 0.29) is 16.4 Å². The van der Waals surface area contributed by atoms with Gasteiger partial charge >= 0.3 is 0 Å². The van der Waals surface area contributed by atoms with Gasteiger partial charge in [-0.25, -0.2) is 13.1 Å². The number of ether oxygens (including phenoxy) is 2. The molecular formula is C20H25NO4S. The fourth-order valence-electron chi connectivity index (χ4n) is 3.00. The van der Waals surface area contributed by atoms with Crippen LogP contribution in [0.25, 0.3) is 0 Å². The summed E-state index contributed by atoms with van der Waals surface area (Å²) in [5.41, 5.74) is 2.01. The van der Waals surface area contributed by atoms with E-state index in [0.717, 1.165) is 22.6 Å². The summed E-state index contributed by atoms with van der Waals surface area (Å²) in [5, 5.41) is 0. The molecule has 0 radical (unpaired) electrons. The zero-order valence-electron chi connectivity index (χ0n) is 15.6. The average molecular weight is 375 g/mol. The van der Waals surface area contributed by atoms with Crippen LogP contribution in [-0.4, -0.2) is 28.2 Å². The normalized spacial score (nSPS) is 17.3. The fraction of sp³-hybridized carbons (Fsp3) is 0.400. The van der Waals surface area contributed by atoms with Crippen LogP contribution < -0.4 is 14.2 Å². The number of benzene rings is 2. The van der Waals surface area contributed by atoms with Crippen LogP contribution in [0.15, 0.2) is 47.4 Å². The Labute approximate surface area is 155 Å². The highest BCUT2D eigenvalue weighted by Gasteiger charge is 2.26. The van der Waals surface area contributed by atoms with Gasteiger partial charge in [-0.1, -0.05) is 32.9 Å². The lowest BCUT2D eigenvalue weighted by atomic mass is 9.87. The Balaban J connectivity index is 1.75. The Morgan fingerprint density at radius 1 is 1.12 bits per heavy atom. The summed E-state index contributed by atoms with van der Waals surface area (Å²) < 4.78 is 39.1. The molecule has 3 rings (SSSR count). The Hall–Kier alpha value is -2.05. The van der Waals surface area contributed by atoms with E-state index in [1.165, 1.54) is 0 Å². The predicted molar refractivity (Wildman–Crippen MR) is 101 cm³/mol. The van der Waals surface area contributed by atoms with Gasteiger partial charge in [0.2, 0.25) is 10.0 Å². The molecule has 0 bridgehead atoms. The van der Waals surface area contributed by atoms with E-state index >= 15 is 0 Å². The molecule has 2 aromatic carbocycles. The lowest BCUT2D eigenvalue weighted by Gasteiger charge is -2.26. The van der Waals surface area contributed by atoms with Crippen molar-refractivity contribution in [1.82, 2.24) is 4.72 Å². The number of nitrogens with one attached hydrogen (secondary N) is 1. The average Bonchev–Trinajstić information content (AvgIpc) is 2.60. The van der Waals surface area contributed by atoms with Crippen molar-refractivity contribution in [2.24, 2.45) is 0 Å². The third-order valence-electron chi connectivity index (χ3n) is 4.53. The maximum atomic E-state index is 12.7. The second-order valence-corrected chi connectivity index (χ2v) is 9.30. The van der Waals surface area contributed by atoms with Crippen LogP contribution in [0.3, 0.4) is 0 Å². The molecule has 0 saturated heterocycles. The number of fused-ring (bicyclic) bond motifs is 1. The highest BCUT2D eigenvalue weighted by molar-refractivity contribution is 7.89. The van der Waals surface area contributed by atoms with Gasteiger partial charge in [-0.15, -0.1) is 0 Å². The van der Waals surface area contributed by atoms with Crippen LogP contribution in [0.5, 0.6) is 11.5 Å². The Morgan fingerprint density at radius 2 is 1.81 bits per heavy atom. The molecule has 0 aliphatic carbocycles. The van der Waals surface area contributed by atoms with Gasteiger partial charge in [0.1, 0.15) is 18.1 Å². The van der Waals surface area contributed by atoms with E-state index in [1.807, 2.05) is 30.3 Å². The molecule has 0 amide bonds. The molecule has 1 heterocycles. The predicted octanol–water partition coefficient (Wildman–Crippen LogP) is 3.27. The third kappa shape index (κ3) is 4.02. The van der Waals surface area contributed by atoms with Crippen molar-refractivity contribution in [3.8, 4) is 11.5 Å². The molecular weight excluding hydrogens is 350 g/mol. The molecule has 0 fully saturated rings. The molecule has 0 spiro atoms. The number of sulfonamides is 1. The van der Waals surface area contributed by atoms with Gasteiger partial charge in [-0.05, 0) is 53.3 Å². The summed E-state index contributed by atoms with van der Waals surface area (Å²) >= 11 is 0. The summed E-state index contributed by atoms with van der Waals surface area (Å²) in [6, 6.07) is 12.3. The van der Waals surface area contributed by atoms with Gasteiger partial charge in [0.05, 0.1) is 18.0 Å². The topological polar surface area (TPSA) is 64.6 Å². The molecule has 1 aliphatic rings. The minimum atomic E-state index is -3.60. The standard InChI is InChI=1S/C20H25NO4S/c1-20(2,3)15-5-8-18(9-6-15)26(22,23)21-16-11-14-12-17(24-4)7-10-19(14)25-13-16/h5-10,12,16,21H,11,13H2,1-4H3/t16-/m1/s1. The molecule has 2 aromatic rings. The SMILES string of the molecule is COc1ccc2c(c1)C[C@@H](NS(=O)(=O)c1ccc(C(C)(C)C)cc1)CO2. The molecule has 1 aliphatic heterocycles. The van der Waals surface area contributed by atoms with Gasteiger partial charge in [0.15, 0.2) is 0 Å². The maximum absolute atomic E-state index is 12.7. The number of methoxy groups -OCH3 is 1. The van der Waals surface area contributed by atoms with E-state index in [9.17, 15) is 8.42 Å². The molecule has 0 aromatic heterocycles. The first-order valence-electron chi connectivity index (χ1n) is 8.61. The van der Waals surface area contributed by atoms with Crippen molar-refractivity contribution in [1.29, 1.82) is 0 Å². The molecule has 140 valence electrons. The molecule has 6 heteroatoms. The van der Waals surface area contributed by atoms with Crippen molar-refractivity contribution in [3.63, 3.8) is 0 Å². The van der Waals surface area contributed by atoms with E-state index in [0.29, 0.717) is 13.0 Å². The largest absolute Gasteiger partial charge is 0.497 e. The zero-order valence-corrected chi connectivity index (χ0v) is 16.4. The van der Waals surface area contributed by atoms with Crippen LogP contribution in [0.4, 0.5) is 0 Å². The van der Waals surface area contributed by atoms with Crippen LogP contribution in [0.2, 0.25) is 0 Å². The van der Waals surface area contributed by atoms with E-state index in [4.69, 9.17) is 9.47 Å². The second kappa shape index (κ2) is 6.93. The van der Waals surface area contributed by atoms with Crippen LogP contribution >= 0.6 is 0 Å². The highest BCUT2D eigenvalue weighted by atomic mass is 32.2. The number of hydrogen-bond acceptors (Lipinski definition) is 4. The summed E-state index contributed by atoms with van der Waals surface area (Å²) in [5.74, 6) is 1.50. The molecule has 26 heavy (non-hydrogen) atoms. The minimum absolute atomic E-state index is 0.0182. The van der Waals surface area contributed by atoms with Crippen LogP contribution in [0, 0.1) is 0 Å². The van der Waals surface area contributed by atoms with Gasteiger partial charge in [0, 0.05) is 0 Å². The van der Waals surface area contributed by atoms with Crippen LogP contribution in [-0.2, 0) is 21.9 Å². The smallest absolute Gasteiger partial charge is 0.240 e. The molecule has 5 nitrogen and oxygen atoms in total. The highest BCUT2D eigenvalue weighted by Crippen LogP contribution is 2.29. The molecule has 0 saturated carbocycles. The number of hydrogen-bond donors (Lipinski definition) is 1. The van der Waals surface area contributed by atoms with E-state index in [1.54, 1.807) is 19.2 Å². The lowest BCUT2D eigenvalue weighted by Crippen LogP contribution is -2.42. The fourth-order valence-corrected chi connectivity index (χ4v) is 4.22. The Kier molecular flexibility index (Phi) is 4.99.